The van der Waals surface area contributed by atoms with Crippen LogP contribution < -0.4 is 0 Å². The molecule has 0 aliphatic heterocycles. The molecule has 120 valence electrons. The SMILES string of the molecule is O=[N+]([O-])c1ccc(/C=N\c2cnc(SCc3ccccc3)s2)cc1. The highest BCUT2D eigenvalue weighted by molar-refractivity contribution is 8.00. The van der Waals surface area contributed by atoms with Crippen molar-refractivity contribution in [3.05, 3.63) is 82.0 Å². The van der Waals surface area contributed by atoms with E-state index < -0.39 is 4.92 Å². The van der Waals surface area contributed by atoms with Gasteiger partial charge in [0.25, 0.3) is 5.69 Å². The van der Waals surface area contributed by atoms with E-state index in [1.165, 1.54) is 29.0 Å². The number of aromatic nitrogens is 1. The molecule has 0 spiro atoms. The molecule has 2 aromatic carbocycles. The molecule has 0 bridgehead atoms. The van der Waals surface area contributed by atoms with Crippen molar-refractivity contribution < 1.29 is 4.92 Å². The second kappa shape index (κ2) is 7.85. The fourth-order valence-corrected chi connectivity index (χ4v) is 3.69. The van der Waals surface area contributed by atoms with Crippen LogP contribution in [-0.4, -0.2) is 16.1 Å². The summed E-state index contributed by atoms with van der Waals surface area (Å²) in [5, 5.41) is 11.4. The molecular weight excluding hydrogens is 342 g/mol. The first-order valence-corrected chi connectivity index (χ1v) is 8.92. The second-order valence-electron chi connectivity index (χ2n) is 4.85. The molecule has 5 nitrogen and oxygen atoms in total. The maximum atomic E-state index is 10.6. The van der Waals surface area contributed by atoms with Gasteiger partial charge in [-0.15, -0.1) is 0 Å². The number of benzene rings is 2. The molecule has 0 atom stereocenters. The minimum absolute atomic E-state index is 0.0736. The Balaban J connectivity index is 1.60. The minimum Gasteiger partial charge on any atom is -0.258 e. The fraction of sp³-hybridized carbons (Fsp3) is 0.0588. The number of nitro groups is 1. The van der Waals surface area contributed by atoms with Gasteiger partial charge in [0.1, 0.15) is 5.00 Å². The van der Waals surface area contributed by atoms with E-state index in [0.717, 1.165) is 20.7 Å². The highest BCUT2D eigenvalue weighted by Gasteiger charge is 2.04. The Labute approximate surface area is 147 Å². The average Bonchev–Trinajstić information content (AvgIpc) is 3.07. The molecule has 7 heteroatoms. The Kier molecular flexibility index (Phi) is 5.35. The number of nitrogens with zero attached hydrogens (tertiary/aromatic N) is 3. The standard InChI is InChI=1S/C17H13N3O2S2/c21-20(22)15-8-6-13(7-9-15)10-18-16-11-19-17(24-16)23-12-14-4-2-1-3-5-14/h1-11H,12H2/b18-10-. The third-order valence-corrected chi connectivity index (χ3v) is 5.26. The van der Waals surface area contributed by atoms with Gasteiger partial charge in [0.2, 0.25) is 0 Å². The van der Waals surface area contributed by atoms with E-state index in [4.69, 9.17) is 0 Å². The van der Waals surface area contributed by atoms with Crippen LogP contribution in [0.3, 0.4) is 0 Å². The van der Waals surface area contributed by atoms with Crippen molar-refractivity contribution in [2.24, 2.45) is 4.99 Å². The second-order valence-corrected chi connectivity index (χ2v) is 7.08. The Morgan fingerprint density at radius 1 is 1.17 bits per heavy atom. The summed E-state index contributed by atoms with van der Waals surface area (Å²) < 4.78 is 0.967. The van der Waals surface area contributed by atoms with Crippen LogP contribution in [0.15, 0.2) is 70.1 Å². The van der Waals surface area contributed by atoms with E-state index in [1.807, 2.05) is 18.2 Å². The molecule has 0 radical (unpaired) electrons. The molecule has 24 heavy (non-hydrogen) atoms. The third-order valence-electron chi connectivity index (χ3n) is 3.12. The largest absolute Gasteiger partial charge is 0.269 e. The van der Waals surface area contributed by atoms with Crippen LogP contribution in [0.4, 0.5) is 10.7 Å². The van der Waals surface area contributed by atoms with E-state index >= 15 is 0 Å². The number of non-ortho nitro benzene ring substituents is 1. The Morgan fingerprint density at radius 3 is 2.62 bits per heavy atom. The highest BCUT2D eigenvalue weighted by atomic mass is 32.2. The van der Waals surface area contributed by atoms with E-state index in [1.54, 1.807) is 36.3 Å². The summed E-state index contributed by atoms with van der Waals surface area (Å²) in [5.74, 6) is 0.875. The predicted molar refractivity (Wildman–Crippen MR) is 98.5 cm³/mol. The van der Waals surface area contributed by atoms with Crippen molar-refractivity contribution in [1.29, 1.82) is 0 Å². The van der Waals surface area contributed by atoms with Crippen LogP contribution in [0.25, 0.3) is 0 Å². The normalized spacial score (nSPS) is 11.0. The van der Waals surface area contributed by atoms with Gasteiger partial charge >= 0.3 is 0 Å². The summed E-state index contributed by atoms with van der Waals surface area (Å²) >= 11 is 3.20. The number of nitro benzene ring substituents is 1. The molecular formula is C17H13N3O2S2. The smallest absolute Gasteiger partial charge is 0.258 e. The monoisotopic (exact) mass is 355 g/mol. The van der Waals surface area contributed by atoms with Crippen LogP contribution in [0.1, 0.15) is 11.1 Å². The summed E-state index contributed by atoms with van der Waals surface area (Å²) in [4.78, 5) is 18.9. The first-order chi connectivity index (χ1) is 11.7. The number of aliphatic imine (C=N–C) groups is 1. The number of rotatable bonds is 6. The summed E-state index contributed by atoms with van der Waals surface area (Å²) in [6.45, 7) is 0. The first kappa shape index (κ1) is 16.4. The maximum absolute atomic E-state index is 10.6. The van der Waals surface area contributed by atoms with Crippen LogP contribution >= 0.6 is 23.1 Å². The van der Waals surface area contributed by atoms with Gasteiger partial charge in [0, 0.05) is 24.1 Å². The van der Waals surface area contributed by atoms with Gasteiger partial charge in [-0.25, -0.2) is 9.98 Å². The van der Waals surface area contributed by atoms with Crippen LogP contribution in [0.5, 0.6) is 0 Å². The lowest BCUT2D eigenvalue weighted by Gasteiger charge is -1.97. The van der Waals surface area contributed by atoms with E-state index in [2.05, 4.69) is 22.1 Å². The minimum atomic E-state index is -0.416. The summed E-state index contributed by atoms with van der Waals surface area (Å²) in [6.07, 6.45) is 3.42. The molecule has 0 amide bonds. The van der Waals surface area contributed by atoms with Crippen LogP contribution in [0.2, 0.25) is 0 Å². The topological polar surface area (TPSA) is 68.4 Å². The van der Waals surface area contributed by atoms with E-state index in [9.17, 15) is 10.1 Å². The number of thioether (sulfide) groups is 1. The van der Waals surface area contributed by atoms with E-state index in [0.29, 0.717) is 0 Å². The van der Waals surface area contributed by atoms with Crippen molar-refractivity contribution in [3.63, 3.8) is 0 Å². The zero-order valence-electron chi connectivity index (χ0n) is 12.5. The third kappa shape index (κ3) is 4.50. The van der Waals surface area contributed by atoms with Crippen molar-refractivity contribution in [2.45, 2.75) is 10.1 Å². The average molecular weight is 355 g/mol. The quantitative estimate of drug-likeness (QED) is 0.267. The molecule has 0 unspecified atom stereocenters. The zero-order valence-corrected chi connectivity index (χ0v) is 14.2. The highest BCUT2D eigenvalue weighted by Crippen LogP contribution is 2.31. The predicted octanol–water partition coefficient (Wildman–Crippen LogP) is 5.09. The van der Waals surface area contributed by atoms with E-state index in [-0.39, 0.29) is 5.69 Å². The maximum Gasteiger partial charge on any atom is 0.269 e. The fourth-order valence-electron chi connectivity index (χ4n) is 1.92. The van der Waals surface area contributed by atoms with Crippen molar-refractivity contribution >= 4 is 40.0 Å². The number of hydrogen-bond donors (Lipinski definition) is 0. The number of thiazole rings is 1. The molecule has 0 aliphatic rings. The van der Waals surface area contributed by atoms with Crippen molar-refractivity contribution in [2.75, 3.05) is 0 Å². The Bertz CT molecular complexity index is 846. The van der Waals surface area contributed by atoms with Gasteiger partial charge in [-0.3, -0.25) is 10.1 Å². The first-order valence-electron chi connectivity index (χ1n) is 7.12. The Morgan fingerprint density at radius 2 is 1.92 bits per heavy atom. The van der Waals surface area contributed by atoms with Gasteiger partial charge in [0.05, 0.1) is 11.1 Å². The molecule has 1 heterocycles. The molecule has 0 aliphatic carbocycles. The van der Waals surface area contributed by atoms with Gasteiger partial charge in [-0.2, -0.15) is 0 Å². The van der Waals surface area contributed by atoms with Crippen molar-refractivity contribution in [3.8, 4) is 0 Å². The molecule has 3 aromatic rings. The molecule has 0 fully saturated rings. The van der Waals surface area contributed by atoms with Crippen LogP contribution in [-0.2, 0) is 5.75 Å². The van der Waals surface area contributed by atoms with Gasteiger partial charge in [0.15, 0.2) is 4.34 Å². The zero-order chi connectivity index (χ0) is 16.8. The van der Waals surface area contributed by atoms with Gasteiger partial charge < -0.3 is 0 Å². The summed E-state index contributed by atoms with van der Waals surface area (Å²) in [7, 11) is 0. The lowest BCUT2D eigenvalue weighted by atomic mass is 10.2. The molecule has 3 rings (SSSR count). The lowest BCUT2D eigenvalue weighted by molar-refractivity contribution is -0.384. The molecule has 0 saturated heterocycles. The lowest BCUT2D eigenvalue weighted by Crippen LogP contribution is -1.88. The molecule has 0 saturated carbocycles. The van der Waals surface area contributed by atoms with Gasteiger partial charge in [-0.05, 0) is 23.3 Å². The van der Waals surface area contributed by atoms with Gasteiger partial charge in [-0.1, -0.05) is 53.4 Å². The Hall–Kier alpha value is -2.51. The number of hydrogen-bond acceptors (Lipinski definition) is 6. The van der Waals surface area contributed by atoms with Crippen molar-refractivity contribution in [1.82, 2.24) is 4.98 Å². The molecule has 1 aromatic heterocycles. The molecule has 0 N–H and O–H groups in total. The summed E-state index contributed by atoms with van der Waals surface area (Å²) in [6, 6.07) is 16.5. The van der Waals surface area contributed by atoms with Crippen LogP contribution in [0, 0.1) is 10.1 Å². The summed E-state index contributed by atoms with van der Waals surface area (Å²) in [5.41, 5.74) is 2.14.